The molecule has 0 unspecified atom stereocenters. The van der Waals surface area contributed by atoms with Gasteiger partial charge < -0.3 is 20.0 Å². The molecule has 1 heterocycles. The largest absolute Gasteiger partial charge is 0.467 e. The van der Waals surface area contributed by atoms with E-state index in [2.05, 4.69) is 15.6 Å². The molecule has 6 nitrogen and oxygen atoms in total. The van der Waals surface area contributed by atoms with Crippen molar-refractivity contribution < 1.29 is 9.21 Å². The zero-order chi connectivity index (χ0) is 14.8. The molecule has 0 aromatic carbocycles. The number of thioether (sulfide) groups is 1. The van der Waals surface area contributed by atoms with Crippen molar-refractivity contribution >= 4 is 47.6 Å². The maximum Gasteiger partial charge on any atom is 0.243 e. The number of guanidine groups is 1. The molecular weight excluding hydrogens is 403 g/mol. The van der Waals surface area contributed by atoms with E-state index in [-0.39, 0.29) is 36.4 Å². The van der Waals surface area contributed by atoms with Crippen LogP contribution in [0.2, 0.25) is 0 Å². The molecular formula is C13H23IN4O2S. The minimum absolute atomic E-state index is 0. The zero-order valence-corrected chi connectivity index (χ0v) is 15.7. The molecule has 0 saturated heterocycles. The number of amides is 1. The second kappa shape index (κ2) is 11.7. The van der Waals surface area contributed by atoms with Gasteiger partial charge in [-0.25, -0.2) is 4.99 Å². The van der Waals surface area contributed by atoms with E-state index >= 15 is 0 Å². The van der Waals surface area contributed by atoms with E-state index in [0.717, 1.165) is 18.1 Å². The van der Waals surface area contributed by atoms with Crippen molar-refractivity contribution in [1.82, 2.24) is 15.5 Å². The van der Waals surface area contributed by atoms with E-state index in [9.17, 15) is 4.79 Å². The number of nitrogens with zero attached hydrogens (tertiary/aromatic N) is 2. The number of furan rings is 1. The summed E-state index contributed by atoms with van der Waals surface area (Å²) in [6.07, 6.45) is 3.68. The Hall–Kier alpha value is -0.900. The van der Waals surface area contributed by atoms with Crippen LogP contribution in [-0.2, 0) is 11.3 Å². The van der Waals surface area contributed by atoms with Gasteiger partial charge in [0.05, 0.1) is 12.8 Å². The number of hydrogen-bond donors (Lipinski definition) is 2. The van der Waals surface area contributed by atoms with Crippen molar-refractivity contribution in [3.63, 3.8) is 0 Å². The summed E-state index contributed by atoms with van der Waals surface area (Å²) in [5.41, 5.74) is 0. The number of aliphatic imine (C=N–C) groups is 1. The van der Waals surface area contributed by atoms with Gasteiger partial charge >= 0.3 is 0 Å². The second-order valence-electron chi connectivity index (χ2n) is 4.31. The molecule has 1 aromatic heterocycles. The van der Waals surface area contributed by atoms with E-state index < -0.39 is 0 Å². The maximum absolute atomic E-state index is 11.6. The topological polar surface area (TPSA) is 69.9 Å². The van der Waals surface area contributed by atoms with Crippen LogP contribution in [0, 0.1) is 0 Å². The monoisotopic (exact) mass is 426 g/mol. The van der Waals surface area contributed by atoms with Gasteiger partial charge in [-0.1, -0.05) is 0 Å². The molecule has 1 amide bonds. The first-order valence-electron chi connectivity index (χ1n) is 6.37. The first kappa shape index (κ1) is 20.1. The molecule has 0 aliphatic rings. The summed E-state index contributed by atoms with van der Waals surface area (Å²) in [4.78, 5) is 17.3. The van der Waals surface area contributed by atoms with Gasteiger partial charge in [0, 0.05) is 26.4 Å². The van der Waals surface area contributed by atoms with Crippen LogP contribution in [-0.4, -0.2) is 56.0 Å². The van der Waals surface area contributed by atoms with Gasteiger partial charge in [-0.15, -0.1) is 24.0 Å². The molecule has 0 fully saturated rings. The molecule has 21 heavy (non-hydrogen) atoms. The van der Waals surface area contributed by atoms with Crippen LogP contribution in [0.1, 0.15) is 5.76 Å². The van der Waals surface area contributed by atoms with E-state index in [1.807, 2.05) is 18.4 Å². The number of carbonyl (C=O) groups is 1. The highest BCUT2D eigenvalue weighted by molar-refractivity contribution is 14.0. The Morgan fingerprint density at radius 3 is 2.76 bits per heavy atom. The van der Waals surface area contributed by atoms with Crippen LogP contribution in [0.25, 0.3) is 0 Å². The molecule has 0 saturated carbocycles. The molecule has 2 N–H and O–H groups in total. The van der Waals surface area contributed by atoms with E-state index in [0.29, 0.717) is 12.5 Å². The number of likely N-dealkylation sites (N-methyl/N-ethyl adjacent to an activating group) is 1. The SMILES string of the molecule is CSCCNC(=NCC(=O)N(C)C)NCc1ccco1.I. The van der Waals surface area contributed by atoms with Crippen LogP contribution in [0.5, 0.6) is 0 Å². The van der Waals surface area contributed by atoms with Gasteiger partial charge in [0.15, 0.2) is 5.96 Å². The smallest absolute Gasteiger partial charge is 0.243 e. The summed E-state index contributed by atoms with van der Waals surface area (Å²) in [5.74, 6) is 2.38. The normalized spacial score (nSPS) is 10.7. The number of halogens is 1. The molecule has 0 aliphatic heterocycles. The third-order valence-corrected chi connectivity index (χ3v) is 3.09. The fourth-order valence-electron chi connectivity index (χ4n) is 1.32. The van der Waals surface area contributed by atoms with E-state index in [4.69, 9.17) is 4.42 Å². The number of nitrogens with one attached hydrogen (secondary N) is 2. The average Bonchev–Trinajstić information content (AvgIpc) is 2.94. The molecule has 0 aliphatic carbocycles. The first-order chi connectivity index (χ1) is 9.63. The lowest BCUT2D eigenvalue weighted by Gasteiger charge is -2.12. The van der Waals surface area contributed by atoms with Gasteiger partial charge in [-0.2, -0.15) is 11.8 Å². The summed E-state index contributed by atoms with van der Waals surface area (Å²) in [6, 6.07) is 3.72. The Labute approximate surface area is 147 Å². The Balaban J connectivity index is 0.00000400. The molecule has 0 radical (unpaired) electrons. The maximum atomic E-state index is 11.6. The minimum atomic E-state index is -0.0334. The van der Waals surface area contributed by atoms with Crippen molar-refractivity contribution in [1.29, 1.82) is 0 Å². The van der Waals surface area contributed by atoms with Crippen molar-refractivity contribution in [3.05, 3.63) is 24.2 Å². The molecule has 8 heteroatoms. The molecule has 0 atom stereocenters. The van der Waals surface area contributed by atoms with Gasteiger partial charge in [-0.3, -0.25) is 4.79 Å². The van der Waals surface area contributed by atoms with Crippen molar-refractivity contribution in [2.24, 2.45) is 4.99 Å². The Morgan fingerprint density at radius 1 is 1.43 bits per heavy atom. The summed E-state index contributed by atoms with van der Waals surface area (Å²) in [7, 11) is 3.43. The summed E-state index contributed by atoms with van der Waals surface area (Å²) >= 11 is 1.75. The van der Waals surface area contributed by atoms with Gasteiger partial charge in [0.25, 0.3) is 0 Å². The predicted octanol–water partition coefficient (Wildman–Crippen LogP) is 1.38. The zero-order valence-electron chi connectivity index (χ0n) is 12.6. The van der Waals surface area contributed by atoms with Crippen LogP contribution < -0.4 is 10.6 Å². The minimum Gasteiger partial charge on any atom is -0.467 e. The fourth-order valence-corrected chi connectivity index (χ4v) is 1.62. The Kier molecular flexibility index (Phi) is 11.2. The summed E-state index contributed by atoms with van der Waals surface area (Å²) in [6.45, 7) is 1.45. The third kappa shape index (κ3) is 8.86. The molecule has 1 aromatic rings. The van der Waals surface area contributed by atoms with Gasteiger partial charge in [0.1, 0.15) is 12.3 Å². The lowest BCUT2D eigenvalue weighted by atomic mass is 10.4. The highest BCUT2D eigenvalue weighted by Crippen LogP contribution is 1.98. The fraction of sp³-hybridized carbons (Fsp3) is 0.538. The lowest BCUT2D eigenvalue weighted by molar-refractivity contribution is -0.127. The quantitative estimate of drug-likeness (QED) is 0.299. The van der Waals surface area contributed by atoms with Crippen molar-refractivity contribution in [2.45, 2.75) is 6.54 Å². The Bertz CT molecular complexity index is 424. The average molecular weight is 426 g/mol. The number of hydrogen-bond acceptors (Lipinski definition) is 4. The molecule has 0 spiro atoms. The first-order valence-corrected chi connectivity index (χ1v) is 7.76. The van der Waals surface area contributed by atoms with Crippen LogP contribution in [0.4, 0.5) is 0 Å². The summed E-state index contributed by atoms with van der Waals surface area (Å²) in [5, 5.41) is 6.32. The van der Waals surface area contributed by atoms with Gasteiger partial charge in [-0.05, 0) is 18.4 Å². The van der Waals surface area contributed by atoms with E-state index in [1.54, 1.807) is 32.1 Å². The molecule has 120 valence electrons. The second-order valence-corrected chi connectivity index (χ2v) is 5.29. The summed E-state index contributed by atoms with van der Waals surface area (Å²) < 4.78 is 5.25. The van der Waals surface area contributed by atoms with Crippen LogP contribution in [0.3, 0.4) is 0 Å². The standard InChI is InChI=1S/C13H22N4O2S.HI/c1-17(2)12(18)10-16-13(14-6-8-20-3)15-9-11-5-4-7-19-11;/h4-5,7H,6,8-10H2,1-3H3,(H2,14,15,16);1H. The van der Waals surface area contributed by atoms with Crippen molar-refractivity contribution in [2.75, 3.05) is 39.2 Å². The predicted molar refractivity (Wildman–Crippen MR) is 98.3 cm³/mol. The highest BCUT2D eigenvalue weighted by Gasteiger charge is 2.05. The molecule has 0 bridgehead atoms. The highest BCUT2D eigenvalue weighted by atomic mass is 127. The van der Waals surface area contributed by atoms with Gasteiger partial charge in [0.2, 0.25) is 5.91 Å². The number of rotatable bonds is 7. The number of carbonyl (C=O) groups excluding carboxylic acids is 1. The third-order valence-electron chi connectivity index (χ3n) is 2.48. The lowest BCUT2D eigenvalue weighted by Crippen LogP contribution is -2.39. The van der Waals surface area contributed by atoms with E-state index in [1.165, 1.54) is 4.90 Å². The Morgan fingerprint density at radius 2 is 2.19 bits per heavy atom. The van der Waals surface area contributed by atoms with Crippen LogP contribution >= 0.6 is 35.7 Å². The van der Waals surface area contributed by atoms with Crippen LogP contribution in [0.15, 0.2) is 27.8 Å². The molecule has 1 rings (SSSR count). The van der Waals surface area contributed by atoms with Crippen molar-refractivity contribution in [3.8, 4) is 0 Å².